The van der Waals surface area contributed by atoms with Crippen molar-refractivity contribution in [3.8, 4) is 0 Å². The summed E-state index contributed by atoms with van der Waals surface area (Å²) in [5, 5.41) is 6.28. The lowest BCUT2D eigenvalue weighted by Gasteiger charge is -2.22. The third-order valence-corrected chi connectivity index (χ3v) is 3.82. The van der Waals surface area contributed by atoms with E-state index in [1.165, 1.54) is 32.1 Å². The first-order chi connectivity index (χ1) is 9.65. The van der Waals surface area contributed by atoms with Crippen molar-refractivity contribution in [1.82, 2.24) is 5.32 Å². The van der Waals surface area contributed by atoms with Crippen LogP contribution < -0.4 is 15.5 Å². The van der Waals surface area contributed by atoms with Crippen LogP contribution in [0.4, 0.5) is 11.4 Å². The molecule has 4 nitrogen and oxygen atoms in total. The van der Waals surface area contributed by atoms with Crippen LogP contribution >= 0.6 is 0 Å². The van der Waals surface area contributed by atoms with Crippen molar-refractivity contribution in [2.75, 3.05) is 30.9 Å². The highest BCUT2D eigenvalue weighted by Gasteiger charge is 2.13. The third-order valence-electron chi connectivity index (χ3n) is 3.82. The Labute approximate surface area is 121 Å². The molecule has 1 aromatic carbocycles. The molecule has 0 aliphatic heterocycles. The first-order valence-corrected chi connectivity index (χ1v) is 7.46. The van der Waals surface area contributed by atoms with E-state index in [-0.39, 0.29) is 5.91 Å². The second kappa shape index (κ2) is 7.29. The summed E-state index contributed by atoms with van der Waals surface area (Å²) in [5.41, 5.74) is 1.98. The zero-order valence-electron chi connectivity index (χ0n) is 12.5. The molecule has 20 heavy (non-hydrogen) atoms. The molecule has 1 fully saturated rings. The Morgan fingerprint density at radius 1 is 1.15 bits per heavy atom. The zero-order valence-corrected chi connectivity index (χ0v) is 12.5. The van der Waals surface area contributed by atoms with E-state index in [9.17, 15) is 4.79 Å². The quantitative estimate of drug-likeness (QED) is 0.868. The summed E-state index contributed by atoms with van der Waals surface area (Å²) >= 11 is 0. The van der Waals surface area contributed by atoms with E-state index in [1.807, 2.05) is 43.3 Å². The lowest BCUT2D eigenvalue weighted by molar-refractivity contribution is -0.115. The molecule has 1 aromatic rings. The molecule has 0 spiro atoms. The molecular weight excluding hydrogens is 250 g/mol. The highest BCUT2D eigenvalue weighted by Crippen LogP contribution is 2.17. The molecule has 2 N–H and O–H groups in total. The zero-order chi connectivity index (χ0) is 14.4. The summed E-state index contributed by atoms with van der Waals surface area (Å²) < 4.78 is 0. The summed E-state index contributed by atoms with van der Waals surface area (Å²) in [7, 11) is 4.00. The van der Waals surface area contributed by atoms with Gasteiger partial charge in [0.05, 0.1) is 6.54 Å². The Hall–Kier alpha value is -1.55. The van der Waals surface area contributed by atoms with E-state index in [0.29, 0.717) is 12.6 Å². The van der Waals surface area contributed by atoms with Gasteiger partial charge >= 0.3 is 0 Å². The number of anilines is 2. The minimum atomic E-state index is 0.0353. The normalized spacial score (nSPS) is 15.9. The van der Waals surface area contributed by atoms with Crippen LogP contribution in [-0.2, 0) is 4.79 Å². The predicted octanol–water partition coefficient (Wildman–Crippen LogP) is 2.61. The van der Waals surface area contributed by atoms with E-state index >= 15 is 0 Å². The van der Waals surface area contributed by atoms with E-state index in [2.05, 4.69) is 10.6 Å². The molecule has 2 rings (SSSR count). The number of nitrogens with one attached hydrogen (secondary N) is 2. The van der Waals surface area contributed by atoms with E-state index in [0.717, 1.165) is 11.4 Å². The van der Waals surface area contributed by atoms with Crippen LogP contribution in [0.2, 0.25) is 0 Å². The molecule has 0 heterocycles. The van der Waals surface area contributed by atoms with Crippen molar-refractivity contribution in [3.63, 3.8) is 0 Å². The molecular formula is C16H25N3O. The minimum Gasteiger partial charge on any atom is -0.378 e. The number of amides is 1. The monoisotopic (exact) mass is 275 g/mol. The van der Waals surface area contributed by atoms with Crippen LogP contribution in [0.15, 0.2) is 24.3 Å². The standard InChI is InChI=1S/C16H25N3O/c1-19(2)15-10-8-14(9-11-15)18-16(20)12-17-13-6-4-3-5-7-13/h8-11,13,17H,3-7,12H2,1-2H3,(H,18,20). The minimum absolute atomic E-state index is 0.0353. The van der Waals surface area contributed by atoms with Gasteiger partial charge in [0.2, 0.25) is 5.91 Å². The SMILES string of the molecule is CN(C)c1ccc(NC(=O)CNC2CCCCC2)cc1. The second-order valence-electron chi connectivity index (χ2n) is 5.71. The third kappa shape index (κ3) is 4.53. The van der Waals surface area contributed by atoms with Crippen LogP contribution in [0.5, 0.6) is 0 Å². The van der Waals surface area contributed by atoms with Crippen molar-refractivity contribution in [2.24, 2.45) is 0 Å². The Morgan fingerprint density at radius 2 is 1.80 bits per heavy atom. The fourth-order valence-electron chi connectivity index (χ4n) is 2.59. The molecule has 0 atom stereocenters. The first kappa shape index (κ1) is 14.9. The molecule has 0 unspecified atom stereocenters. The van der Waals surface area contributed by atoms with Crippen LogP contribution in [0, 0.1) is 0 Å². The molecule has 110 valence electrons. The number of benzene rings is 1. The molecule has 1 saturated carbocycles. The Morgan fingerprint density at radius 3 is 2.40 bits per heavy atom. The molecule has 0 radical (unpaired) electrons. The fourth-order valence-corrected chi connectivity index (χ4v) is 2.59. The Balaban J connectivity index is 1.75. The van der Waals surface area contributed by atoms with Gasteiger partial charge in [-0.05, 0) is 37.1 Å². The van der Waals surface area contributed by atoms with Gasteiger partial charge in [0.25, 0.3) is 0 Å². The van der Waals surface area contributed by atoms with Gasteiger partial charge in [0, 0.05) is 31.5 Å². The average Bonchev–Trinajstić information content (AvgIpc) is 2.47. The van der Waals surface area contributed by atoms with E-state index < -0.39 is 0 Å². The number of hydrogen-bond donors (Lipinski definition) is 2. The maximum atomic E-state index is 11.9. The van der Waals surface area contributed by atoms with Crippen molar-refractivity contribution in [2.45, 2.75) is 38.1 Å². The molecule has 0 aromatic heterocycles. The van der Waals surface area contributed by atoms with E-state index in [4.69, 9.17) is 0 Å². The highest BCUT2D eigenvalue weighted by atomic mass is 16.1. The number of nitrogens with zero attached hydrogens (tertiary/aromatic N) is 1. The van der Waals surface area contributed by atoms with Crippen molar-refractivity contribution in [3.05, 3.63) is 24.3 Å². The molecule has 0 bridgehead atoms. The summed E-state index contributed by atoms with van der Waals surface area (Å²) in [6.07, 6.45) is 6.30. The van der Waals surface area contributed by atoms with Gasteiger partial charge < -0.3 is 15.5 Å². The van der Waals surface area contributed by atoms with Gasteiger partial charge in [-0.15, -0.1) is 0 Å². The lowest BCUT2D eigenvalue weighted by Crippen LogP contribution is -2.37. The van der Waals surface area contributed by atoms with Crippen LogP contribution in [0.3, 0.4) is 0 Å². The Kier molecular flexibility index (Phi) is 5.41. The summed E-state index contributed by atoms with van der Waals surface area (Å²) in [4.78, 5) is 13.9. The molecule has 1 aliphatic rings. The maximum Gasteiger partial charge on any atom is 0.238 e. The smallest absolute Gasteiger partial charge is 0.238 e. The largest absolute Gasteiger partial charge is 0.378 e. The first-order valence-electron chi connectivity index (χ1n) is 7.46. The lowest BCUT2D eigenvalue weighted by atomic mass is 9.95. The summed E-state index contributed by atoms with van der Waals surface area (Å²) in [6.45, 7) is 0.403. The number of carbonyl (C=O) groups is 1. The van der Waals surface area contributed by atoms with Gasteiger partial charge in [0.1, 0.15) is 0 Å². The molecule has 1 amide bonds. The van der Waals surface area contributed by atoms with Gasteiger partial charge in [-0.25, -0.2) is 0 Å². The predicted molar refractivity (Wildman–Crippen MR) is 84.3 cm³/mol. The van der Waals surface area contributed by atoms with Crippen molar-refractivity contribution in [1.29, 1.82) is 0 Å². The molecule has 1 aliphatic carbocycles. The highest BCUT2D eigenvalue weighted by molar-refractivity contribution is 5.92. The van der Waals surface area contributed by atoms with Crippen LogP contribution in [0.25, 0.3) is 0 Å². The topological polar surface area (TPSA) is 44.4 Å². The van der Waals surface area contributed by atoms with Gasteiger partial charge in [-0.1, -0.05) is 19.3 Å². The van der Waals surface area contributed by atoms with Crippen LogP contribution in [0.1, 0.15) is 32.1 Å². The molecule has 0 saturated heterocycles. The summed E-state index contributed by atoms with van der Waals surface area (Å²) in [5.74, 6) is 0.0353. The Bertz CT molecular complexity index is 422. The average molecular weight is 275 g/mol. The summed E-state index contributed by atoms with van der Waals surface area (Å²) in [6, 6.07) is 8.40. The van der Waals surface area contributed by atoms with Crippen LogP contribution in [-0.4, -0.2) is 32.6 Å². The van der Waals surface area contributed by atoms with Gasteiger partial charge in [-0.2, -0.15) is 0 Å². The second-order valence-corrected chi connectivity index (χ2v) is 5.71. The van der Waals surface area contributed by atoms with Crippen molar-refractivity contribution < 1.29 is 4.79 Å². The fraction of sp³-hybridized carbons (Fsp3) is 0.562. The maximum absolute atomic E-state index is 11.9. The van der Waals surface area contributed by atoms with E-state index in [1.54, 1.807) is 0 Å². The molecule has 4 heteroatoms. The van der Waals surface area contributed by atoms with Gasteiger partial charge in [-0.3, -0.25) is 4.79 Å². The van der Waals surface area contributed by atoms with Gasteiger partial charge in [0.15, 0.2) is 0 Å². The number of rotatable bonds is 5. The number of carbonyl (C=O) groups excluding carboxylic acids is 1. The number of hydrogen-bond acceptors (Lipinski definition) is 3. The van der Waals surface area contributed by atoms with Crippen molar-refractivity contribution >= 4 is 17.3 Å².